The highest BCUT2D eigenvalue weighted by Gasteiger charge is 2.30. The molecule has 1 amide bonds. The fraction of sp³-hybridized carbons (Fsp3) is 0.381. The third-order valence-corrected chi connectivity index (χ3v) is 6.12. The van der Waals surface area contributed by atoms with E-state index in [0.29, 0.717) is 10.7 Å². The molecule has 0 spiro atoms. The van der Waals surface area contributed by atoms with Crippen LogP contribution in [0, 0.1) is 13.8 Å². The molecule has 0 fully saturated rings. The number of sulfonamides is 1. The molecule has 2 aromatic rings. The molecule has 0 radical (unpaired) electrons. The number of nitrogens with zero attached hydrogens (tertiary/aromatic N) is 1. The standard InChI is InChI=1S/C21H27ClN2O4S/c1-14-10-11-18(12-19(14)22)24(29(5,26)27)17(4)21(25)23-16(3)13-28-20-9-7-6-8-15(20)2/h6-12,16-17H,13H2,1-5H3,(H,23,25). The van der Waals surface area contributed by atoms with Gasteiger partial charge in [0.1, 0.15) is 18.4 Å². The van der Waals surface area contributed by atoms with Gasteiger partial charge in [0.2, 0.25) is 15.9 Å². The zero-order valence-electron chi connectivity index (χ0n) is 17.3. The average Bonchev–Trinajstić information content (AvgIpc) is 2.63. The fourth-order valence-electron chi connectivity index (χ4n) is 2.87. The maximum Gasteiger partial charge on any atom is 0.243 e. The Balaban J connectivity index is 2.10. The first kappa shape index (κ1) is 23.0. The van der Waals surface area contributed by atoms with Gasteiger partial charge in [0.05, 0.1) is 18.0 Å². The van der Waals surface area contributed by atoms with E-state index in [1.54, 1.807) is 32.0 Å². The normalized spacial score (nSPS) is 13.4. The summed E-state index contributed by atoms with van der Waals surface area (Å²) in [5.41, 5.74) is 2.16. The predicted molar refractivity (Wildman–Crippen MR) is 117 cm³/mol. The molecule has 1 N–H and O–H groups in total. The van der Waals surface area contributed by atoms with Crippen LogP contribution < -0.4 is 14.4 Å². The average molecular weight is 439 g/mol. The van der Waals surface area contributed by atoms with Crippen LogP contribution in [0.3, 0.4) is 0 Å². The van der Waals surface area contributed by atoms with E-state index in [2.05, 4.69) is 5.32 Å². The lowest BCUT2D eigenvalue weighted by Gasteiger charge is -2.29. The van der Waals surface area contributed by atoms with Crippen molar-refractivity contribution in [3.05, 3.63) is 58.6 Å². The number of benzene rings is 2. The number of hydrogen-bond acceptors (Lipinski definition) is 4. The number of halogens is 1. The molecule has 0 aliphatic heterocycles. The molecule has 29 heavy (non-hydrogen) atoms. The van der Waals surface area contributed by atoms with Gasteiger partial charge in [-0.2, -0.15) is 0 Å². The molecule has 8 heteroatoms. The first-order chi connectivity index (χ1) is 13.5. The highest BCUT2D eigenvalue weighted by Crippen LogP contribution is 2.26. The summed E-state index contributed by atoms with van der Waals surface area (Å²) in [5.74, 6) is 0.321. The van der Waals surface area contributed by atoms with Crippen LogP contribution in [0.5, 0.6) is 5.75 Å². The van der Waals surface area contributed by atoms with Gasteiger partial charge in [-0.25, -0.2) is 8.42 Å². The Bertz CT molecular complexity index is 978. The Morgan fingerprint density at radius 3 is 2.38 bits per heavy atom. The Morgan fingerprint density at radius 2 is 1.79 bits per heavy atom. The lowest BCUT2D eigenvalue weighted by Crippen LogP contribution is -2.50. The Labute approximate surface area is 177 Å². The SMILES string of the molecule is Cc1ccc(N(C(C)C(=O)NC(C)COc2ccccc2C)S(C)(=O)=O)cc1Cl. The Hall–Kier alpha value is -2.25. The molecule has 0 saturated carbocycles. The third kappa shape index (κ3) is 6.11. The maximum atomic E-state index is 12.7. The van der Waals surface area contributed by atoms with Crippen molar-refractivity contribution in [1.82, 2.24) is 5.32 Å². The van der Waals surface area contributed by atoms with E-state index in [9.17, 15) is 13.2 Å². The van der Waals surface area contributed by atoms with E-state index in [-0.39, 0.29) is 12.6 Å². The minimum absolute atomic E-state index is 0.262. The number of hydrogen-bond donors (Lipinski definition) is 1. The number of carbonyl (C=O) groups is 1. The lowest BCUT2D eigenvalue weighted by atomic mass is 10.2. The third-order valence-electron chi connectivity index (χ3n) is 4.47. The summed E-state index contributed by atoms with van der Waals surface area (Å²) < 4.78 is 31.6. The molecule has 0 bridgehead atoms. The molecule has 2 unspecified atom stereocenters. The summed E-state index contributed by atoms with van der Waals surface area (Å²) >= 11 is 6.15. The second-order valence-corrected chi connectivity index (χ2v) is 9.42. The molecule has 158 valence electrons. The van der Waals surface area contributed by atoms with Crippen molar-refractivity contribution in [2.75, 3.05) is 17.2 Å². The second kappa shape index (κ2) is 9.50. The molecular weight excluding hydrogens is 412 g/mol. The van der Waals surface area contributed by atoms with Gasteiger partial charge >= 0.3 is 0 Å². The zero-order chi connectivity index (χ0) is 21.8. The van der Waals surface area contributed by atoms with Crippen LogP contribution in [-0.2, 0) is 14.8 Å². The lowest BCUT2D eigenvalue weighted by molar-refractivity contribution is -0.122. The van der Waals surface area contributed by atoms with Crippen LogP contribution in [0.2, 0.25) is 5.02 Å². The summed E-state index contributed by atoms with van der Waals surface area (Å²) in [6, 6.07) is 11.2. The monoisotopic (exact) mass is 438 g/mol. The van der Waals surface area contributed by atoms with Gasteiger partial charge in [0, 0.05) is 5.02 Å². The van der Waals surface area contributed by atoms with Gasteiger partial charge in [0.25, 0.3) is 0 Å². The summed E-state index contributed by atoms with van der Waals surface area (Å²) in [7, 11) is -3.71. The zero-order valence-corrected chi connectivity index (χ0v) is 18.8. The largest absolute Gasteiger partial charge is 0.491 e. The summed E-state index contributed by atoms with van der Waals surface area (Å²) in [4.78, 5) is 12.7. The molecule has 2 aromatic carbocycles. The highest BCUT2D eigenvalue weighted by molar-refractivity contribution is 7.92. The van der Waals surface area contributed by atoms with E-state index in [1.165, 1.54) is 0 Å². The molecule has 2 rings (SSSR count). The number of rotatable bonds is 8. The number of aryl methyl sites for hydroxylation is 2. The van der Waals surface area contributed by atoms with Crippen LogP contribution in [-0.4, -0.2) is 39.3 Å². The van der Waals surface area contributed by atoms with Crippen molar-refractivity contribution in [2.24, 2.45) is 0 Å². The van der Waals surface area contributed by atoms with Gasteiger partial charge in [-0.3, -0.25) is 9.10 Å². The van der Waals surface area contributed by atoms with E-state index in [0.717, 1.165) is 27.4 Å². The Morgan fingerprint density at radius 1 is 1.14 bits per heavy atom. The molecule has 0 saturated heterocycles. The fourth-order valence-corrected chi connectivity index (χ4v) is 4.21. The van der Waals surface area contributed by atoms with Crippen molar-refractivity contribution in [3.63, 3.8) is 0 Å². The summed E-state index contributed by atoms with van der Waals surface area (Å²) in [6.07, 6.45) is 1.06. The molecular formula is C21H27ClN2O4S. The quantitative estimate of drug-likeness (QED) is 0.681. The number of amides is 1. The Kier molecular flexibility index (Phi) is 7.54. The van der Waals surface area contributed by atoms with Crippen molar-refractivity contribution in [2.45, 2.75) is 39.8 Å². The van der Waals surface area contributed by atoms with E-state index < -0.39 is 22.0 Å². The number of para-hydroxylation sites is 1. The molecule has 0 aliphatic carbocycles. The minimum Gasteiger partial charge on any atom is -0.491 e. The summed E-state index contributed by atoms with van der Waals surface area (Å²) in [5, 5.41) is 3.25. The maximum absolute atomic E-state index is 12.7. The topological polar surface area (TPSA) is 75.7 Å². The number of nitrogens with one attached hydrogen (secondary N) is 1. The van der Waals surface area contributed by atoms with Crippen LogP contribution in [0.1, 0.15) is 25.0 Å². The molecule has 0 aliphatic rings. The predicted octanol–water partition coefficient (Wildman–Crippen LogP) is 3.70. The number of anilines is 1. The van der Waals surface area contributed by atoms with Gasteiger partial charge in [-0.05, 0) is 57.0 Å². The van der Waals surface area contributed by atoms with Gasteiger partial charge in [-0.15, -0.1) is 0 Å². The van der Waals surface area contributed by atoms with Gasteiger partial charge in [0.15, 0.2) is 0 Å². The minimum atomic E-state index is -3.71. The molecule has 0 aromatic heterocycles. The van der Waals surface area contributed by atoms with Crippen LogP contribution in [0.4, 0.5) is 5.69 Å². The van der Waals surface area contributed by atoms with Crippen LogP contribution in [0.25, 0.3) is 0 Å². The van der Waals surface area contributed by atoms with E-state index >= 15 is 0 Å². The van der Waals surface area contributed by atoms with Gasteiger partial charge < -0.3 is 10.1 Å². The summed E-state index contributed by atoms with van der Waals surface area (Å²) in [6.45, 7) is 7.37. The van der Waals surface area contributed by atoms with Crippen molar-refractivity contribution < 1.29 is 17.9 Å². The number of carbonyl (C=O) groups excluding carboxylic acids is 1. The van der Waals surface area contributed by atoms with Crippen LogP contribution >= 0.6 is 11.6 Å². The first-order valence-electron chi connectivity index (χ1n) is 9.25. The first-order valence-corrected chi connectivity index (χ1v) is 11.5. The van der Waals surface area contributed by atoms with Crippen LogP contribution in [0.15, 0.2) is 42.5 Å². The van der Waals surface area contributed by atoms with E-state index in [1.807, 2.05) is 38.1 Å². The van der Waals surface area contributed by atoms with Crippen molar-refractivity contribution >= 4 is 33.2 Å². The van der Waals surface area contributed by atoms with Gasteiger partial charge in [-0.1, -0.05) is 35.9 Å². The molecule has 0 heterocycles. The molecule has 6 nitrogen and oxygen atoms in total. The smallest absolute Gasteiger partial charge is 0.243 e. The number of ether oxygens (including phenoxy) is 1. The van der Waals surface area contributed by atoms with E-state index in [4.69, 9.17) is 16.3 Å². The van der Waals surface area contributed by atoms with Crippen molar-refractivity contribution in [1.29, 1.82) is 0 Å². The highest BCUT2D eigenvalue weighted by atomic mass is 35.5. The second-order valence-electron chi connectivity index (χ2n) is 7.15. The van der Waals surface area contributed by atoms with Crippen molar-refractivity contribution in [3.8, 4) is 5.75 Å². The molecule has 2 atom stereocenters.